The minimum atomic E-state index is 0.896. The first-order chi connectivity index (χ1) is 22.6. The van der Waals surface area contributed by atoms with Crippen LogP contribution in [0.2, 0.25) is 0 Å². The lowest BCUT2D eigenvalue weighted by atomic mass is 9.81. The van der Waals surface area contributed by atoms with Crippen molar-refractivity contribution in [3.63, 3.8) is 0 Å². The maximum absolute atomic E-state index is 6.58. The molecule has 0 radical (unpaired) electrons. The minimum absolute atomic E-state index is 0.896. The van der Waals surface area contributed by atoms with E-state index in [4.69, 9.17) is 4.42 Å². The van der Waals surface area contributed by atoms with Crippen molar-refractivity contribution in [3.05, 3.63) is 156 Å². The number of benzene rings is 8. The lowest BCUT2D eigenvalue weighted by molar-refractivity contribution is 0.632. The number of hydrogen-bond donors (Lipinski definition) is 0. The molecular formula is C45H32O. The van der Waals surface area contributed by atoms with Gasteiger partial charge in [-0.1, -0.05) is 115 Å². The Kier molecular flexibility index (Phi) is 5.92. The quantitative estimate of drug-likeness (QED) is 0.186. The van der Waals surface area contributed by atoms with Gasteiger partial charge < -0.3 is 4.42 Å². The topological polar surface area (TPSA) is 13.1 Å². The van der Waals surface area contributed by atoms with Crippen LogP contribution < -0.4 is 0 Å². The highest BCUT2D eigenvalue weighted by molar-refractivity contribution is 6.32. The predicted octanol–water partition coefficient (Wildman–Crippen LogP) is 12.9. The predicted molar refractivity (Wildman–Crippen MR) is 196 cm³/mol. The van der Waals surface area contributed by atoms with Crippen molar-refractivity contribution >= 4 is 43.3 Å². The summed E-state index contributed by atoms with van der Waals surface area (Å²) in [6.45, 7) is 6.65. The fourth-order valence-electron chi connectivity index (χ4n) is 7.61. The van der Waals surface area contributed by atoms with Crippen molar-refractivity contribution < 1.29 is 4.42 Å². The number of furan rings is 1. The molecule has 0 unspecified atom stereocenters. The molecule has 0 saturated carbocycles. The van der Waals surface area contributed by atoms with E-state index in [2.05, 4.69) is 154 Å². The minimum Gasteiger partial charge on any atom is -0.456 e. The molecule has 1 heterocycles. The van der Waals surface area contributed by atoms with Crippen LogP contribution in [0.3, 0.4) is 0 Å². The van der Waals surface area contributed by atoms with Crippen molar-refractivity contribution in [2.75, 3.05) is 0 Å². The summed E-state index contributed by atoms with van der Waals surface area (Å²) in [5.41, 5.74) is 13.4. The third kappa shape index (κ3) is 3.95. The Bertz CT molecular complexity index is 2520. The van der Waals surface area contributed by atoms with Gasteiger partial charge in [-0.15, -0.1) is 0 Å². The molecule has 0 saturated heterocycles. The van der Waals surface area contributed by atoms with Gasteiger partial charge in [-0.3, -0.25) is 0 Å². The molecule has 218 valence electrons. The number of hydrogen-bond acceptors (Lipinski definition) is 1. The molecule has 9 aromatic rings. The molecule has 1 nitrogen and oxygen atoms in total. The van der Waals surface area contributed by atoms with Gasteiger partial charge in [0.15, 0.2) is 0 Å². The van der Waals surface area contributed by atoms with Crippen molar-refractivity contribution in [2.45, 2.75) is 20.8 Å². The zero-order valence-electron chi connectivity index (χ0n) is 26.2. The largest absolute Gasteiger partial charge is 0.456 e. The summed E-state index contributed by atoms with van der Waals surface area (Å²) in [5.74, 6) is 0.896. The zero-order valence-corrected chi connectivity index (χ0v) is 26.2. The third-order valence-electron chi connectivity index (χ3n) is 9.90. The molecule has 0 fully saturated rings. The first-order valence-corrected chi connectivity index (χ1v) is 16.0. The molecule has 0 aliphatic rings. The summed E-state index contributed by atoms with van der Waals surface area (Å²) in [6, 6.07) is 50.9. The van der Waals surface area contributed by atoms with E-state index in [1.807, 2.05) is 6.07 Å². The van der Waals surface area contributed by atoms with Gasteiger partial charge in [-0.2, -0.15) is 0 Å². The van der Waals surface area contributed by atoms with E-state index in [9.17, 15) is 0 Å². The average Bonchev–Trinajstić information content (AvgIpc) is 3.52. The molecule has 0 spiro atoms. The molecule has 0 bridgehead atoms. The Hall–Kier alpha value is -5.66. The molecule has 1 heteroatoms. The summed E-state index contributed by atoms with van der Waals surface area (Å²) in [7, 11) is 0. The molecule has 0 aliphatic heterocycles. The Labute approximate surface area is 268 Å². The van der Waals surface area contributed by atoms with Gasteiger partial charge in [0.2, 0.25) is 0 Å². The van der Waals surface area contributed by atoms with Crippen LogP contribution in [0, 0.1) is 20.8 Å². The van der Waals surface area contributed by atoms with Gasteiger partial charge in [0.25, 0.3) is 0 Å². The molecule has 0 N–H and O–H groups in total. The Balaban J connectivity index is 1.50. The van der Waals surface area contributed by atoms with E-state index in [0.717, 1.165) is 22.3 Å². The highest BCUT2D eigenvalue weighted by atomic mass is 16.3. The van der Waals surface area contributed by atoms with Crippen LogP contribution in [0.1, 0.15) is 16.7 Å². The van der Waals surface area contributed by atoms with Crippen LogP contribution in [0.5, 0.6) is 0 Å². The van der Waals surface area contributed by atoms with Crippen molar-refractivity contribution in [1.82, 2.24) is 0 Å². The van der Waals surface area contributed by atoms with Crippen LogP contribution in [0.25, 0.3) is 88.0 Å². The van der Waals surface area contributed by atoms with Crippen molar-refractivity contribution in [1.29, 1.82) is 0 Å². The Morgan fingerprint density at radius 2 is 0.739 bits per heavy atom. The average molecular weight is 589 g/mol. The zero-order chi connectivity index (χ0) is 30.9. The van der Waals surface area contributed by atoms with Gasteiger partial charge in [0.05, 0.1) is 0 Å². The molecule has 1 aromatic heterocycles. The van der Waals surface area contributed by atoms with Crippen molar-refractivity contribution in [3.8, 4) is 44.7 Å². The number of rotatable bonds is 4. The lowest BCUT2D eigenvalue weighted by Crippen LogP contribution is -1.95. The lowest BCUT2D eigenvalue weighted by Gasteiger charge is -2.22. The molecule has 0 amide bonds. The van der Waals surface area contributed by atoms with E-state index in [1.165, 1.54) is 82.4 Å². The third-order valence-corrected chi connectivity index (χ3v) is 9.90. The number of aryl methyl sites for hydroxylation is 3. The van der Waals surface area contributed by atoms with E-state index in [1.54, 1.807) is 0 Å². The Morgan fingerprint density at radius 3 is 1.20 bits per heavy atom. The summed E-state index contributed by atoms with van der Waals surface area (Å²) in [4.78, 5) is 0. The highest BCUT2D eigenvalue weighted by Crippen LogP contribution is 2.49. The first-order valence-electron chi connectivity index (χ1n) is 16.0. The Morgan fingerprint density at radius 1 is 0.348 bits per heavy atom. The van der Waals surface area contributed by atoms with Gasteiger partial charge >= 0.3 is 0 Å². The van der Waals surface area contributed by atoms with Crippen LogP contribution in [-0.2, 0) is 0 Å². The first kappa shape index (κ1) is 26.7. The second-order valence-electron chi connectivity index (χ2n) is 12.6. The highest BCUT2D eigenvalue weighted by Gasteiger charge is 2.23. The molecule has 9 rings (SSSR count). The second-order valence-corrected chi connectivity index (χ2v) is 12.6. The SMILES string of the molecule is Cc1ccccc1-c1cc(-c2cc3ccccc3o2)c2ccc3c(-c4ccccc4C)cc(-c4ccccc4C)c4ccc1c2c34. The van der Waals surface area contributed by atoms with Crippen LogP contribution in [0.4, 0.5) is 0 Å². The maximum atomic E-state index is 6.58. The molecule has 0 atom stereocenters. The van der Waals surface area contributed by atoms with Crippen LogP contribution >= 0.6 is 0 Å². The summed E-state index contributed by atoms with van der Waals surface area (Å²) >= 11 is 0. The molecule has 0 aliphatic carbocycles. The van der Waals surface area contributed by atoms with E-state index < -0.39 is 0 Å². The van der Waals surface area contributed by atoms with Gasteiger partial charge in [0.1, 0.15) is 11.3 Å². The maximum Gasteiger partial charge on any atom is 0.136 e. The monoisotopic (exact) mass is 588 g/mol. The van der Waals surface area contributed by atoms with Gasteiger partial charge in [-0.25, -0.2) is 0 Å². The van der Waals surface area contributed by atoms with Crippen LogP contribution in [0.15, 0.2) is 144 Å². The second kappa shape index (κ2) is 10.2. The molecular weight excluding hydrogens is 556 g/mol. The van der Waals surface area contributed by atoms with Crippen LogP contribution in [-0.4, -0.2) is 0 Å². The van der Waals surface area contributed by atoms with E-state index in [0.29, 0.717) is 0 Å². The number of para-hydroxylation sites is 1. The van der Waals surface area contributed by atoms with Gasteiger partial charge in [0, 0.05) is 10.9 Å². The standard InChI is InChI=1S/C45H32O/c1-27-12-4-8-16-31(27)38-25-39(32-17-9-5-13-28(32)2)35-22-23-37-41(43-24-30-15-7-11-19-42(30)46-43)26-40(33-18-10-6-14-29(33)3)36-21-20-34(38)44(35)45(36)37/h4-26H,1-3H3. The normalized spacial score (nSPS) is 11.8. The molecule has 8 aromatic carbocycles. The fraction of sp³-hybridized carbons (Fsp3) is 0.0667. The summed E-state index contributed by atoms with van der Waals surface area (Å²) < 4.78 is 6.58. The number of fused-ring (bicyclic) bond motifs is 1. The summed E-state index contributed by atoms with van der Waals surface area (Å²) in [6.07, 6.45) is 0. The van der Waals surface area contributed by atoms with Gasteiger partial charge in [-0.05, 0) is 127 Å². The van der Waals surface area contributed by atoms with E-state index in [-0.39, 0.29) is 0 Å². The molecule has 46 heavy (non-hydrogen) atoms. The van der Waals surface area contributed by atoms with E-state index >= 15 is 0 Å². The van der Waals surface area contributed by atoms with Crippen molar-refractivity contribution in [2.24, 2.45) is 0 Å². The smallest absolute Gasteiger partial charge is 0.136 e. The fourth-order valence-corrected chi connectivity index (χ4v) is 7.61. The summed E-state index contributed by atoms with van der Waals surface area (Å²) in [5, 5.41) is 8.74.